The van der Waals surface area contributed by atoms with Gasteiger partial charge in [0.25, 0.3) is 11.6 Å². The van der Waals surface area contributed by atoms with E-state index in [0.29, 0.717) is 11.3 Å². The number of aromatic nitrogens is 2. The van der Waals surface area contributed by atoms with E-state index in [4.69, 9.17) is 9.15 Å². The van der Waals surface area contributed by atoms with Crippen LogP contribution in [0.2, 0.25) is 0 Å². The summed E-state index contributed by atoms with van der Waals surface area (Å²) in [5.41, 5.74) is 0.474. The van der Waals surface area contributed by atoms with E-state index in [0.717, 1.165) is 4.90 Å². The molecule has 0 atom stereocenters. The first kappa shape index (κ1) is 19.5. The number of nitro groups is 1. The Kier molecular flexibility index (Phi) is 6.33. The zero-order valence-corrected chi connectivity index (χ0v) is 15.2. The maximum Gasteiger partial charge on any atom is 0.307 e. The average molecular weight is 403 g/mol. The molecule has 1 aromatic heterocycles. The highest BCUT2D eigenvalue weighted by molar-refractivity contribution is 7.99. The highest BCUT2D eigenvalue weighted by Gasteiger charge is 2.13. The molecule has 0 amide bonds. The van der Waals surface area contributed by atoms with Crippen LogP contribution in [-0.2, 0) is 16.1 Å². The van der Waals surface area contributed by atoms with Gasteiger partial charge in [-0.05, 0) is 36.4 Å². The molecule has 2 aromatic carbocycles. The predicted octanol–water partition coefficient (Wildman–Crippen LogP) is 4.01. The van der Waals surface area contributed by atoms with Gasteiger partial charge in [-0.1, -0.05) is 0 Å². The lowest BCUT2D eigenvalue weighted by Crippen LogP contribution is -2.05. The molecule has 0 fully saturated rings. The fraction of sp³-hybridized carbons (Fsp3) is 0.167. The predicted molar refractivity (Wildman–Crippen MR) is 97.9 cm³/mol. The van der Waals surface area contributed by atoms with Crippen LogP contribution >= 0.6 is 11.8 Å². The van der Waals surface area contributed by atoms with Gasteiger partial charge in [-0.2, -0.15) is 0 Å². The first-order chi connectivity index (χ1) is 13.5. The van der Waals surface area contributed by atoms with Gasteiger partial charge in [-0.25, -0.2) is 4.39 Å². The number of esters is 1. The molecule has 0 aliphatic carbocycles. The summed E-state index contributed by atoms with van der Waals surface area (Å²) in [5, 5.41) is 18.3. The van der Waals surface area contributed by atoms with Crippen LogP contribution in [0.3, 0.4) is 0 Å². The van der Waals surface area contributed by atoms with Crippen molar-refractivity contribution in [2.75, 3.05) is 5.75 Å². The number of nitro benzene ring substituents is 1. The van der Waals surface area contributed by atoms with Crippen LogP contribution in [0.4, 0.5) is 10.1 Å². The van der Waals surface area contributed by atoms with Crippen molar-refractivity contribution in [1.29, 1.82) is 0 Å². The van der Waals surface area contributed by atoms with Gasteiger partial charge in [0.2, 0.25) is 5.89 Å². The molecule has 3 aromatic rings. The minimum atomic E-state index is -0.503. The largest absolute Gasteiger partial charge is 0.456 e. The second kappa shape index (κ2) is 9.09. The van der Waals surface area contributed by atoms with Crippen LogP contribution in [0.1, 0.15) is 12.3 Å². The quantitative estimate of drug-likeness (QED) is 0.240. The second-order valence-electron chi connectivity index (χ2n) is 5.52. The number of nitrogens with zero attached hydrogens (tertiary/aromatic N) is 3. The summed E-state index contributed by atoms with van der Waals surface area (Å²) < 4.78 is 23.3. The van der Waals surface area contributed by atoms with Crippen molar-refractivity contribution in [3.8, 4) is 11.5 Å². The Balaban J connectivity index is 1.45. The Hall–Kier alpha value is -3.27. The number of rotatable bonds is 8. The zero-order valence-electron chi connectivity index (χ0n) is 14.4. The second-order valence-corrected chi connectivity index (χ2v) is 6.69. The van der Waals surface area contributed by atoms with E-state index in [1.807, 2.05) is 0 Å². The zero-order chi connectivity index (χ0) is 19.9. The third kappa shape index (κ3) is 5.36. The molecule has 0 saturated heterocycles. The highest BCUT2D eigenvalue weighted by Crippen LogP contribution is 2.22. The smallest absolute Gasteiger partial charge is 0.307 e. The minimum absolute atomic E-state index is 0.0454. The van der Waals surface area contributed by atoms with E-state index < -0.39 is 10.9 Å². The van der Waals surface area contributed by atoms with Crippen molar-refractivity contribution >= 4 is 23.4 Å². The van der Waals surface area contributed by atoms with Gasteiger partial charge in [0.15, 0.2) is 6.61 Å². The third-order valence-electron chi connectivity index (χ3n) is 3.54. The number of non-ortho nitro benzene ring substituents is 1. The number of carbonyl (C=O) groups excluding carboxylic acids is 1. The third-order valence-corrected chi connectivity index (χ3v) is 4.55. The summed E-state index contributed by atoms with van der Waals surface area (Å²) in [7, 11) is 0. The van der Waals surface area contributed by atoms with Gasteiger partial charge < -0.3 is 9.15 Å². The molecule has 1 heterocycles. The Morgan fingerprint density at radius 1 is 1.14 bits per heavy atom. The maximum absolute atomic E-state index is 12.8. The van der Waals surface area contributed by atoms with Gasteiger partial charge in [-0.15, -0.1) is 22.0 Å². The van der Waals surface area contributed by atoms with Crippen LogP contribution in [0, 0.1) is 15.9 Å². The number of ether oxygens (including phenoxy) is 1. The average Bonchev–Trinajstić information content (AvgIpc) is 3.17. The van der Waals surface area contributed by atoms with Crippen molar-refractivity contribution in [3.63, 3.8) is 0 Å². The van der Waals surface area contributed by atoms with E-state index in [-0.39, 0.29) is 36.3 Å². The van der Waals surface area contributed by atoms with Crippen LogP contribution < -0.4 is 0 Å². The molecule has 0 bridgehead atoms. The maximum atomic E-state index is 12.8. The Bertz CT molecular complexity index is 960. The first-order valence-electron chi connectivity index (χ1n) is 8.12. The standard InChI is InChI=1S/C18H14FN3O5S/c19-13-3-7-15(8-4-13)28-10-9-17(23)26-11-16-20-21-18(27-16)12-1-5-14(6-2-12)22(24)25/h1-8H,9-11H2. The van der Waals surface area contributed by atoms with E-state index in [9.17, 15) is 19.3 Å². The Morgan fingerprint density at radius 3 is 2.54 bits per heavy atom. The first-order valence-corrected chi connectivity index (χ1v) is 9.11. The molecule has 28 heavy (non-hydrogen) atoms. The van der Waals surface area contributed by atoms with Crippen molar-refractivity contribution in [1.82, 2.24) is 10.2 Å². The van der Waals surface area contributed by atoms with Gasteiger partial charge >= 0.3 is 5.97 Å². The number of carbonyl (C=O) groups is 1. The lowest BCUT2D eigenvalue weighted by Gasteiger charge is -2.02. The van der Waals surface area contributed by atoms with Crippen LogP contribution in [0.25, 0.3) is 11.5 Å². The number of hydrogen-bond donors (Lipinski definition) is 0. The fourth-order valence-corrected chi connectivity index (χ4v) is 2.98. The summed E-state index contributed by atoms with van der Waals surface area (Å²) in [5.74, 6) is 0.0457. The van der Waals surface area contributed by atoms with Gasteiger partial charge in [0.1, 0.15) is 5.82 Å². The molecule has 0 saturated carbocycles. The Morgan fingerprint density at radius 2 is 1.86 bits per heavy atom. The molecule has 8 nitrogen and oxygen atoms in total. The molecule has 144 valence electrons. The van der Waals surface area contributed by atoms with E-state index in [1.165, 1.54) is 48.2 Å². The van der Waals surface area contributed by atoms with Crippen LogP contribution in [0.5, 0.6) is 0 Å². The van der Waals surface area contributed by atoms with Crippen LogP contribution in [-0.4, -0.2) is 26.8 Å². The summed E-state index contributed by atoms with van der Waals surface area (Å²) >= 11 is 1.42. The van der Waals surface area contributed by atoms with E-state index >= 15 is 0 Å². The van der Waals surface area contributed by atoms with Gasteiger partial charge in [0, 0.05) is 28.3 Å². The molecule has 10 heteroatoms. The van der Waals surface area contributed by atoms with E-state index in [1.54, 1.807) is 12.1 Å². The van der Waals surface area contributed by atoms with Crippen molar-refractivity contribution < 1.29 is 23.3 Å². The lowest BCUT2D eigenvalue weighted by molar-refractivity contribution is -0.384. The molecule has 0 N–H and O–H groups in total. The molecular weight excluding hydrogens is 389 g/mol. The molecule has 0 spiro atoms. The summed E-state index contributed by atoms with van der Waals surface area (Å²) in [4.78, 5) is 22.8. The summed E-state index contributed by atoms with van der Waals surface area (Å²) in [6.45, 7) is -0.167. The topological polar surface area (TPSA) is 108 Å². The SMILES string of the molecule is O=C(CCSc1ccc(F)cc1)OCc1nnc(-c2ccc([N+](=O)[O-])cc2)o1. The number of halogens is 1. The normalized spacial score (nSPS) is 10.6. The highest BCUT2D eigenvalue weighted by atomic mass is 32.2. The van der Waals surface area contributed by atoms with Crippen molar-refractivity contribution in [2.45, 2.75) is 17.9 Å². The molecule has 3 rings (SSSR count). The minimum Gasteiger partial charge on any atom is -0.456 e. The molecule has 0 aliphatic heterocycles. The number of hydrogen-bond acceptors (Lipinski definition) is 8. The molecule has 0 unspecified atom stereocenters. The van der Waals surface area contributed by atoms with Crippen molar-refractivity contribution in [3.05, 3.63) is 70.4 Å². The number of benzene rings is 2. The monoisotopic (exact) mass is 403 g/mol. The lowest BCUT2D eigenvalue weighted by atomic mass is 10.2. The Labute approximate surface area is 162 Å². The molecule has 0 radical (unpaired) electrons. The van der Waals surface area contributed by atoms with Gasteiger partial charge in [0.05, 0.1) is 11.3 Å². The van der Waals surface area contributed by atoms with Crippen LogP contribution in [0.15, 0.2) is 57.8 Å². The van der Waals surface area contributed by atoms with Crippen molar-refractivity contribution in [2.24, 2.45) is 0 Å². The fourth-order valence-electron chi connectivity index (χ4n) is 2.15. The summed E-state index contributed by atoms with van der Waals surface area (Å²) in [6.07, 6.45) is 0.172. The molecule has 0 aliphatic rings. The molecular formula is C18H14FN3O5S. The van der Waals surface area contributed by atoms with E-state index in [2.05, 4.69) is 10.2 Å². The summed E-state index contributed by atoms with van der Waals surface area (Å²) in [6, 6.07) is 11.7. The van der Waals surface area contributed by atoms with Gasteiger partial charge in [-0.3, -0.25) is 14.9 Å². The number of thioether (sulfide) groups is 1.